The molecule has 1 amide bonds. The van der Waals surface area contributed by atoms with Crippen molar-refractivity contribution in [1.29, 1.82) is 0 Å². The van der Waals surface area contributed by atoms with Gasteiger partial charge in [0.1, 0.15) is 5.75 Å². The molecule has 0 aromatic heterocycles. The van der Waals surface area contributed by atoms with Crippen molar-refractivity contribution in [1.82, 2.24) is 5.43 Å². The molecule has 142 valence electrons. The van der Waals surface area contributed by atoms with Gasteiger partial charge in [0.2, 0.25) is 5.91 Å². The highest BCUT2D eigenvalue weighted by Crippen LogP contribution is 2.29. The summed E-state index contributed by atoms with van der Waals surface area (Å²) in [5.41, 5.74) is 7.04. The van der Waals surface area contributed by atoms with E-state index in [9.17, 15) is 4.79 Å². The van der Waals surface area contributed by atoms with Crippen LogP contribution in [0.4, 0.5) is 0 Å². The summed E-state index contributed by atoms with van der Waals surface area (Å²) in [6.45, 7) is 2.20. The summed E-state index contributed by atoms with van der Waals surface area (Å²) in [7, 11) is 1.68. The number of carbonyl (C=O) groups is 1. The van der Waals surface area contributed by atoms with Gasteiger partial charge >= 0.3 is 0 Å². The lowest BCUT2D eigenvalue weighted by atomic mass is 9.83. The zero-order chi connectivity index (χ0) is 19.5. The van der Waals surface area contributed by atoms with Crippen LogP contribution in [0.3, 0.4) is 0 Å². The Hall–Kier alpha value is -3.14. The van der Waals surface area contributed by atoms with E-state index < -0.39 is 0 Å². The van der Waals surface area contributed by atoms with E-state index in [0.717, 1.165) is 46.2 Å². The third-order valence-electron chi connectivity index (χ3n) is 5.28. The molecular weight excluding hydrogens is 348 g/mol. The highest BCUT2D eigenvalue weighted by atomic mass is 16.5. The summed E-state index contributed by atoms with van der Waals surface area (Å²) in [5, 5.41) is 6.73. The molecule has 4 heteroatoms. The zero-order valence-corrected chi connectivity index (χ0v) is 16.2. The number of ether oxygens (including phenoxy) is 1. The van der Waals surface area contributed by atoms with Crippen LogP contribution >= 0.6 is 0 Å². The second kappa shape index (κ2) is 7.85. The molecule has 0 radical (unpaired) electrons. The molecule has 0 bridgehead atoms. The van der Waals surface area contributed by atoms with Crippen molar-refractivity contribution in [3.63, 3.8) is 0 Å². The molecule has 4 nitrogen and oxygen atoms in total. The highest BCUT2D eigenvalue weighted by molar-refractivity contribution is 6.03. The number of carbonyl (C=O) groups excluding carboxylic acids is 1. The van der Waals surface area contributed by atoms with Gasteiger partial charge in [0.15, 0.2) is 0 Å². The quantitative estimate of drug-likeness (QED) is 0.686. The number of rotatable bonds is 4. The van der Waals surface area contributed by atoms with E-state index in [4.69, 9.17) is 4.74 Å². The lowest BCUT2D eigenvalue weighted by Crippen LogP contribution is -2.25. The van der Waals surface area contributed by atoms with Crippen molar-refractivity contribution in [2.45, 2.75) is 26.2 Å². The number of amides is 1. The van der Waals surface area contributed by atoms with Crippen LogP contribution in [0.15, 0.2) is 65.8 Å². The molecule has 28 heavy (non-hydrogen) atoms. The van der Waals surface area contributed by atoms with Crippen molar-refractivity contribution in [3.8, 4) is 5.75 Å². The van der Waals surface area contributed by atoms with Gasteiger partial charge in [-0.05, 0) is 58.9 Å². The number of fused-ring (bicyclic) bond motifs is 2. The summed E-state index contributed by atoms with van der Waals surface area (Å²) in [5.74, 6) is 1.23. The van der Waals surface area contributed by atoms with Crippen LogP contribution in [0.5, 0.6) is 5.75 Å². The van der Waals surface area contributed by atoms with E-state index in [1.54, 1.807) is 7.11 Å². The van der Waals surface area contributed by atoms with Gasteiger partial charge in [0, 0.05) is 5.56 Å². The standard InChI is InChI=1S/C24H24N2O2/c1-16-12-19-14-20(28-2)10-11-22(19)23(13-16)25-26-24(27)15-18-8-5-7-17-6-3-4-9-21(17)18/h3-11,14,16H,12-13,15H2,1-2H3,(H,26,27). The molecule has 1 aliphatic rings. The van der Waals surface area contributed by atoms with E-state index in [2.05, 4.69) is 41.7 Å². The van der Waals surface area contributed by atoms with E-state index in [0.29, 0.717) is 12.3 Å². The number of nitrogens with zero attached hydrogens (tertiary/aromatic N) is 1. The van der Waals surface area contributed by atoms with Crippen molar-refractivity contribution >= 4 is 22.4 Å². The third kappa shape index (κ3) is 3.77. The number of methoxy groups -OCH3 is 1. The van der Waals surface area contributed by atoms with Crippen LogP contribution in [-0.2, 0) is 17.6 Å². The smallest absolute Gasteiger partial charge is 0.244 e. The van der Waals surface area contributed by atoms with Crippen molar-refractivity contribution < 1.29 is 9.53 Å². The molecule has 1 atom stereocenters. The maximum atomic E-state index is 12.6. The van der Waals surface area contributed by atoms with Gasteiger partial charge in [-0.15, -0.1) is 0 Å². The van der Waals surface area contributed by atoms with E-state index >= 15 is 0 Å². The molecule has 0 aliphatic heterocycles. The van der Waals surface area contributed by atoms with E-state index in [1.807, 2.05) is 36.4 Å². The average molecular weight is 372 g/mol. The Morgan fingerprint density at radius 3 is 2.79 bits per heavy atom. The fourth-order valence-corrected chi connectivity index (χ4v) is 3.93. The van der Waals surface area contributed by atoms with Crippen molar-refractivity contribution in [3.05, 3.63) is 77.4 Å². The Kier molecular flexibility index (Phi) is 5.11. The van der Waals surface area contributed by atoms with Gasteiger partial charge in [-0.25, -0.2) is 5.43 Å². The lowest BCUT2D eigenvalue weighted by Gasteiger charge is -2.23. The first-order valence-corrected chi connectivity index (χ1v) is 9.63. The predicted molar refractivity (Wildman–Crippen MR) is 113 cm³/mol. The van der Waals surface area contributed by atoms with Gasteiger partial charge in [0.25, 0.3) is 0 Å². The molecule has 0 saturated carbocycles. The first-order chi connectivity index (χ1) is 13.6. The fraction of sp³-hybridized carbons (Fsp3) is 0.250. The Labute approximate surface area is 165 Å². The van der Waals surface area contributed by atoms with Crippen LogP contribution in [0, 0.1) is 5.92 Å². The van der Waals surface area contributed by atoms with Gasteiger partial charge in [0.05, 0.1) is 19.2 Å². The van der Waals surface area contributed by atoms with Crippen LogP contribution in [0.25, 0.3) is 10.8 Å². The Morgan fingerprint density at radius 2 is 1.93 bits per heavy atom. The van der Waals surface area contributed by atoms with Gasteiger partial charge in [-0.1, -0.05) is 49.4 Å². The van der Waals surface area contributed by atoms with Gasteiger partial charge in [-0.3, -0.25) is 4.79 Å². The maximum absolute atomic E-state index is 12.6. The number of hydrogen-bond acceptors (Lipinski definition) is 3. The van der Waals surface area contributed by atoms with Gasteiger partial charge in [-0.2, -0.15) is 5.10 Å². The molecule has 1 N–H and O–H groups in total. The Bertz CT molecular complexity index is 1050. The molecule has 4 rings (SSSR count). The van der Waals surface area contributed by atoms with Crippen LogP contribution in [0.1, 0.15) is 30.0 Å². The molecular formula is C24H24N2O2. The average Bonchev–Trinajstić information content (AvgIpc) is 2.71. The summed E-state index contributed by atoms with van der Waals surface area (Å²) in [6.07, 6.45) is 2.16. The summed E-state index contributed by atoms with van der Waals surface area (Å²) < 4.78 is 5.34. The molecule has 1 aliphatic carbocycles. The normalized spacial score (nSPS) is 17.4. The second-order valence-corrected chi connectivity index (χ2v) is 7.45. The highest BCUT2D eigenvalue weighted by Gasteiger charge is 2.21. The third-order valence-corrected chi connectivity index (χ3v) is 5.28. The zero-order valence-electron chi connectivity index (χ0n) is 16.2. The molecule has 0 saturated heterocycles. The van der Waals surface area contributed by atoms with Crippen molar-refractivity contribution in [2.75, 3.05) is 7.11 Å². The number of benzene rings is 3. The lowest BCUT2D eigenvalue weighted by molar-refractivity contribution is -0.120. The minimum absolute atomic E-state index is 0.0999. The van der Waals surface area contributed by atoms with E-state index in [-0.39, 0.29) is 5.91 Å². The predicted octanol–water partition coefficient (Wildman–Crippen LogP) is 4.49. The number of hydrazone groups is 1. The minimum atomic E-state index is -0.0999. The first-order valence-electron chi connectivity index (χ1n) is 9.63. The molecule has 3 aromatic rings. The summed E-state index contributed by atoms with van der Waals surface area (Å²) in [4.78, 5) is 12.6. The molecule has 1 unspecified atom stereocenters. The van der Waals surface area contributed by atoms with Crippen LogP contribution in [-0.4, -0.2) is 18.7 Å². The summed E-state index contributed by atoms with van der Waals surface area (Å²) in [6, 6.07) is 20.2. The molecule has 0 fully saturated rings. The first kappa shape index (κ1) is 18.2. The maximum Gasteiger partial charge on any atom is 0.244 e. The summed E-state index contributed by atoms with van der Waals surface area (Å²) >= 11 is 0. The van der Waals surface area contributed by atoms with Crippen LogP contribution in [0.2, 0.25) is 0 Å². The SMILES string of the molecule is COc1ccc2c(c1)CC(C)CC2=NNC(=O)Cc1cccc2ccccc12. The van der Waals surface area contributed by atoms with Crippen molar-refractivity contribution in [2.24, 2.45) is 11.0 Å². The Morgan fingerprint density at radius 1 is 1.11 bits per heavy atom. The molecule has 0 spiro atoms. The minimum Gasteiger partial charge on any atom is -0.497 e. The van der Waals surface area contributed by atoms with Crippen LogP contribution < -0.4 is 10.2 Å². The molecule has 0 heterocycles. The largest absolute Gasteiger partial charge is 0.497 e. The second-order valence-electron chi connectivity index (χ2n) is 7.45. The molecule has 3 aromatic carbocycles. The number of nitrogens with one attached hydrogen (secondary N) is 1. The number of hydrogen-bond donors (Lipinski definition) is 1. The monoisotopic (exact) mass is 372 g/mol. The van der Waals surface area contributed by atoms with E-state index in [1.165, 1.54) is 5.56 Å². The Balaban J connectivity index is 1.53. The fourth-order valence-electron chi connectivity index (χ4n) is 3.93. The van der Waals surface area contributed by atoms with Gasteiger partial charge < -0.3 is 4.74 Å². The topological polar surface area (TPSA) is 50.7 Å².